The number of para-hydroxylation sites is 1. The molecule has 1 amide bonds. The molecule has 3 rings (SSSR count). The Labute approximate surface area is 133 Å². The lowest BCUT2D eigenvalue weighted by Gasteiger charge is -2.08. The second-order valence-corrected chi connectivity index (χ2v) is 5.33. The minimum atomic E-state index is -0.374. The van der Waals surface area contributed by atoms with Gasteiger partial charge in [0.1, 0.15) is 5.58 Å². The summed E-state index contributed by atoms with van der Waals surface area (Å²) in [5.74, 6) is -0.143. The molecular formula is C17H14N2O2S. The molecule has 2 aromatic carbocycles. The molecule has 110 valence electrons. The molecule has 0 saturated carbocycles. The van der Waals surface area contributed by atoms with Crippen LogP contribution in [-0.2, 0) is 0 Å². The third-order valence-corrected chi connectivity index (χ3v) is 3.36. The van der Waals surface area contributed by atoms with E-state index in [9.17, 15) is 4.79 Å². The Balaban J connectivity index is 1.69. The number of carbonyl (C=O) groups is 1. The second kappa shape index (κ2) is 5.99. The van der Waals surface area contributed by atoms with Gasteiger partial charge in [-0.25, -0.2) is 0 Å². The zero-order valence-corrected chi connectivity index (χ0v) is 12.7. The molecule has 1 aromatic heterocycles. The van der Waals surface area contributed by atoms with Gasteiger partial charge < -0.3 is 9.73 Å². The minimum Gasteiger partial charge on any atom is -0.451 e. The summed E-state index contributed by atoms with van der Waals surface area (Å²) in [6.45, 7) is 1.99. The Bertz CT molecular complexity index is 821. The van der Waals surface area contributed by atoms with Crippen LogP contribution in [0.25, 0.3) is 11.0 Å². The molecule has 0 aliphatic heterocycles. The molecule has 1 heterocycles. The molecule has 3 aromatic rings. The van der Waals surface area contributed by atoms with E-state index >= 15 is 0 Å². The summed E-state index contributed by atoms with van der Waals surface area (Å²) in [5, 5.41) is 6.70. The van der Waals surface area contributed by atoms with Crippen molar-refractivity contribution in [2.45, 2.75) is 6.92 Å². The fourth-order valence-electron chi connectivity index (χ4n) is 2.14. The van der Waals surface area contributed by atoms with Crippen LogP contribution in [0.5, 0.6) is 0 Å². The number of thiocarbonyl (C=S) groups is 1. The van der Waals surface area contributed by atoms with E-state index in [4.69, 9.17) is 16.6 Å². The van der Waals surface area contributed by atoms with E-state index in [1.165, 1.54) is 0 Å². The third kappa shape index (κ3) is 3.15. The molecule has 0 spiro atoms. The highest BCUT2D eigenvalue weighted by atomic mass is 32.1. The van der Waals surface area contributed by atoms with Crippen molar-refractivity contribution in [3.8, 4) is 0 Å². The Morgan fingerprint density at radius 1 is 1.09 bits per heavy atom. The normalized spacial score (nSPS) is 10.4. The van der Waals surface area contributed by atoms with Gasteiger partial charge in [-0.2, -0.15) is 0 Å². The number of rotatable bonds is 2. The van der Waals surface area contributed by atoms with Crippen molar-refractivity contribution in [3.63, 3.8) is 0 Å². The fourth-order valence-corrected chi connectivity index (χ4v) is 2.35. The topological polar surface area (TPSA) is 54.3 Å². The summed E-state index contributed by atoms with van der Waals surface area (Å²) in [7, 11) is 0. The van der Waals surface area contributed by atoms with Crippen molar-refractivity contribution in [3.05, 3.63) is 65.9 Å². The number of furan rings is 1. The number of benzene rings is 2. The zero-order chi connectivity index (χ0) is 15.5. The summed E-state index contributed by atoms with van der Waals surface area (Å²) in [5.41, 5.74) is 2.61. The molecule has 5 heteroatoms. The Morgan fingerprint density at radius 3 is 2.68 bits per heavy atom. The van der Waals surface area contributed by atoms with Crippen molar-refractivity contribution >= 4 is 39.9 Å². The number of anilines is 1. The predicted octanol–water partition coefficient (Wildman–Crippen LogP) is 3.87. The van der Waals surface area contributed by atoms with Crippen LogP contribution in [0.4, 0.5) is 5.69 Å². The van der Waals surface area contributed by atoms with Crippen LogP contribution in [0.15, 0.2) is 59.0 Å². The minimum absolute atomic E-state index is 0.231. The van der Waals surface area contributed by atoms with Crippen molar-refractivity contribution in [2.24, 2.45) is 0 Å². The molecule has 4 nitrogen and oxygen atoms in total. The average molecular weight is 310 g/mol. The quantitative estimate of drug-likeness (QED) is 0.706. The van der Waals surface area contributed by atoms with Gasteiger partial charge in [-0.3, -0.25) is 10.1 Å². The Kier molecular flexibility index (Phi) is 3.89. The first-order chi connectivity index (χ1) is 10.6. The first-order valence-corrected chi connectivity index (χ1v) is 7.20. The van der Waals surface area contributed by atoms with E-state index in [0.29, 0.717) is 5.58 Å². The van der Waals surface area contributed by atoms with E-state index in [1.54, 1.807) is 6.07 Å². The van der Waals surface area contributed by atoms with Crippen LogP contribution in [-0.4, -0.2) is 11.0 Å². The standard InChI is InChI=1S/C17H14N2O2S/c1-11-5-4-7-13(9-11)18-17(22)19-16(20)15-10-12-6-2-3-8-14(12)21-15/h2-10H,1H3,(H2,18,19,20,22). The van der Waals surface area contributed by atoms with Gasteiger partial charge in [0.05, 0.1) is 0 Å². The fraction of sp³-hybridized carbons (Fsp3) is 0.0588. The van der Waals surface area contributed by atoms with Crippen LogP contribution in [0.1, 0.15) is 16.1 Å². The maximum Gasteiger partial charge on any atom is 0.293 e. The number of fused-ring (bicyclic) bond motifs is 1. The highest BCUT2D eigenvalue weighted by Crippen LogP contribution is 2.18. The smallest absolute Gasteiger partial charge is 0.293 e. The van der Waals surface area contributed by atoms with Crippen LogP contribution in [0, 0.1) is 6.92 Å². The molecule has 22 heavy (non-hydrogen) atoms. The Hall–Kier alpha value is -2.66. The van der Waals surface area contributed by atoms with Gasteiger partial charge in [0.25, 0.3) is 5.91 Å². The summed E-state index contributed by atoms with van der Waals surface area (Å²) in [6, 6.07) is 16.9. The van der Waals surface area contributed by atoms with E-state index in [2.05, 4.69) is 10.6 Å². The van der Waals surface area contributed by atoms with E-state index in [0.717, 1.165) is 16.6 Å². The zero-order valence-electron chi connectivity index (χ0n) is 11.9. The third-order valence-electron chi connectivity index (χ3n) is 3.15. The molecule has 0 aliphatic rings. The lowest BCUT2D eigenvalue weighted by atomic mass is 10.2. The summed E-state index contributed by atoms with van der Waals surface area (Å²) in [4.78, 5) is 12.1. The number of carbonyl (C=O) groups excluding carboxylic acids is 1. The number of hydrogen-bond acceptors (Lipinski definition) is 3. The van der Waals surface area contributed by atoms with Gasteiger partial charge in [-0.05, 0) is 49.0 Å². The maximum absolute atomic E-state index is 12.1. The highest BCUT2D eigenvalue weighted by Gasteiger charge is 2.13. The molecule has 0 radical (unpaired) electrons. The molecule has 0 bridgehead atoms. The summed E-state index contributed by atoms with van der Waals surface area (Å²) >= 11 is 5.15. The van der Waals surface area contributed by atoms with Gasteiger partial charge in [-0.15, -0.1) is 0 Å². The number of nitrogens with one attached hydrogen (secondary N) is 2. The average Bonchev–Trinajstić information content (AvgIpc) is 2.91. The van der Waals surface area contributed by atoms with Gasteiger partial charge in [-0.1, -0.05) is 30.3 Å². The van der Waals surface area contributed by atoms with E-state index in [1.807, 2.05) is 55.5 Å². The number of amides is 1. The maximum atomic E-state index is 12.1. The molecular weight excluding hydrogens is 296 g/mol. The largest absolute Gasteiger partial charge is 0.451 e. The SMILES string of the molecule is Cc1cccc(NC(=S)NC(=O)c2cc3ccccc3o2)c1. The predicted molar refractivity (Wildman–Crippen MR) is 91.1 cm³/mol. The first kappa shape index (κ1) is 14.3. The van der Waals surface area contributed by atoms with Crippen LogP contribution >= 0.6 is 12.2 Å². The van der Waals surface area contributed by atoms with Crippen LogP contribution < -0.4 is 10.6 Å². The molecule has 0 atom stereocenters. The van der Waals surface area contributed by atoms with Crippen molar-refractivity contribution < 1.29 is 9.21 Å². The van der Waals surface area contributed by atoms with Gasteiger partial charge in [0, 0.05) is 11.1 Å². The summed E-state index contributed by atoms with van der Waals surface area (Å²) in [6.07, 6.45) is 0. The lowest BCUT2D eigenvalue weighted by molar-refractivity contribution is 0.0953. The van der Waals surface area contributed by atoms with Gasteiger partial charge >= 0.3 is 0 Å². The second-order valence-electron chi connectivity index (χ2n) is 4.93. The summed E-state index contributed by atoms with van der Waals surface area (Å²) < 4.78 is 5.50. The Morgan fingerprint density at radius 2 is 1.91 bits per heavy atom. The van der Waals surface area contributed by atoms with E-state index in [-0.39, 0.29) is 16.8 Å². The molecule has 0 aliphatic carbocycles. The molecule has 0 fully saturated rings. The van der Waals surface area contributed by atoms with E-state index < -0.39 is 0 Å². The molecule has 2 N–H and O–H groups in total. The van der Waals surface area contributed by atoms with Crippen LogP contribution in [0.3, 0.4) is 0 Å². The molecule has 0 unspecified atom stereocenters. The van der Waals surface area contributed by atoms with Crippen LogP contribution in [0.2, 0.25) is 0 Å². The number of hydrogen-bond donors (Lipinski definition) is 2. The number of aryl methyl sites for hydroxylation is 1. The van der Waals surface area contributed by atoms with Crippen molar-refractivity contribution in [2.75, 3.05) is 5.32 Å². The van der Waals surface area contributed by atoms with Gasteiger partial charge in [0.15, 0.2) is 10.9 Å². The van der Waals surface area contributed by atoms with Crippen molar-refractivity contribution in [1.82, 2.24) is 5.32 Å². The lowest BCUT2D eigenvalue weighted by Crippen LogP contribution is -2.33. The first-order valence-electron chi connectivity index (χ1n) is 6.79. The van der Waals surface area contributed by atoms with Gasteiger partial charge in [0.2, 0.25) is 0 Å². The monoisotopic (exact) mass is 310 g/mol. The molecule has 0 saturated heterocycles. The highest BCUT2D eigenvalue weighted by molar-refractivity contribution is 7.80. The van der Waals surface area contributed by atoms with Crippen molar-refractivity contribution in [1.29, 1.82) is 0 Å².